The number of thioether (sulfide) groups is 1. The highest BCUT2D eigenvalue weighted by Gasteiger charge is 2.21. The topological polar surface area (TPSA) is 78.9 Å². The van der Waals surface area contributed by atoms with Gasteiger partial charge in [-0.25, -0.2) is 0 Å². The first-order chi connectivity index (χ1) is 14.8. The van der Waals surface area contributed by atoms with Crippen LogP contribution in [0.15, 0.2) is 46.7 Å². The molecule has 1 aliphatic rings. The molecule has 4 nitrogen and oxygen atoms in total. The van der Waals surface area contributed by atoms with Crippen LogP contribution >= 0.6 is 11.8 Å². The van der Waals surface area contributed by atoms with E-state index in [4.69, 9.17) is 11.0 Å². The van der Waals surface area contributed by atoms with Gasteiger partial charge in [0.05, 0.1) is 6.07 Å². The number of hydrogen-bond acceptors (Lipinski definition) is 4. The number of amides is 1. The minimum absolute atomic E-state index is 0.0113. The van der Waals surface area contributed by atoms with Gasteiger partial charge < -0.3 is 11.1 Å². The lowest BCUT2D eigenvalue weighted by Gasteiger charge is -2.27. The molecule has 31 heavy (non-hydrogen) atoms. The van der Waals surface area contributed by atoms with Gasteiger partial charge in [-0.3, -0.25) is 4.79 Å². The van der Waals surface area contributed by atoms with Crippen molar-refractivity contribution < 1.29 is 4.79 Å². The van der Waals surface area contributed by atoms with E-state index in [0.29, 0.717) is 36.7 Å². The Balaban J connectivity index is 1.87. The molecule has 1 aromatic carbocycles. The van der Waals surface area contributed by atoms with Gasteiger partial charge in [0.25, 0.3) is 0 Å². The van der Waals surface area contributed by atoms with Crippen LogP contribution in [0.2, 0.25) is 0 Å². The van der Waals surface area contributed by atoms with E-state index < -0.39 is 0 Å². The van der Waals surface area contributed by atoms with Crippen molar-refractivity contribution in [2.45, 2.75) is 88.5 Å². The summed E-state index contributed by atoms with van der Waals surface area (Å²) in [6.07, 6.45) is 8.72. The molecule has 0 aromatic heterocycles. The first-order valence-electron chi connectivity index (χ1n) is 11.4. The molecule has 0 bridgehead atoms. The first-order valence-corrected chi connectivity index (χ1v) is 12.2. The number of nitriles is 1. The van der Waals surface area contributed by atoms with Gasteiger partial charge in [0.1, 0.15) is 0 Å². The van der Waals surface area contributed by atoms with Gasteiger partial charge in [-0.15, -0.1) is 0 Å². The Morgan fingerprint density at radius 3 is 2.61 bits per heavy atom. The molecule has 1 amide bonds. The monoisotopic (exact) mass is 439 g/mol. The predicted molar refractivity (Wildman–Crippen MR) is 132 cm³/mol. The summed E-state index contributed by atoms with van der Waals surface area (Å²) in [5.74, 6) is 1.08. The van der Waals surface area contributed by atoms with Crippen molar-refractivity contribution >= 4 is 23.4 Å². The quantitative estimate of drug-likeness (QED) is 0.228. The Hall–Kier alpha value is -2.19. The van der Waals surface area contributed by atoms with E-state index in [1.807, 2.05) is 6.07 Å². The van der Waals surface area contributed by atoms with E-state index >= 15 is 0 Å². The Bertz CT molecular complexity index is 818. The summed E-state index contributed by atoms with van der Waals surface area (Å²) in [6.45, 7) is 12.3. The molecule has 3 N–H and O–H groups in total. The highest BCUT2D eigenvalue weighted by atomic mass is 32.2. The summed E-state index contributed by atoms with van der Waals surface area (Å²) in [5.41, 5.74) is 8.64. The fourth-order valence-corrected chi connectivity index (χ4v) is 5.02. The smallest absolute Gasteiger partial charge is 0.220 e. The van der Waals surface area contributed by atoms with Crippen molar-refractivity contribution in [3.63, 3.8) is 0 Å². The highest BCUT2D eigenvalue weighted by molar-refractivity contribution is 8.03. The van der Waals surface area contributed by atoms with Gasteiger partial charge >= 0.3 is 0 Å². The molecule has 0 heterocycles. The number of allylic oxidation sites excluding steroid dienone is 1. The van der Waals surface area contributed by atoms with Crippen molar-refractivity contribution in [2.24, 2.45) is 5.92 Å². The Morgan fingerprint density at radius 2 is 1.97 bits per heavy atom. The summed E-state index contributed by atoms with van der Waals surface area (Å²) in [6, 6.07) is 8.23. The summed E-state index contributed by atoms with van der Waals surface area (Å²) < 4.78 is 0. The molecule has 1 unspecified atom stereocenters. The van der Waals surface area contributed by atoms with Crippen molar-refractivity contribution in [3.8, 4) is 6.07 Å². The van der Waals surface area contributed by atoms with Crippen molar-refractivity contribution in [1.29, 1.82) is 5.26 Å². The first kappa shape index (κ1) is 25.1. The minimum atomic E-state index is -0.0120. The molecule has 0 radical (unpaired) electrons. The molecular formula is C26H37N3OS. The van der Waals surface area contributed by atoms with Crippen LogP contribution in [0, 0.1) is 17.2 Å². The number of carbonyl (C=O) groups is 1. The van der Waals surface area contributed by atoms with Crippen molar-refractivity contribution in [1.82, 2.24) is 5.32 Å². The molecule has 1 aromatic rings. The van der Waals surface area contributed by atoms with Gasteiger partial charge in [-0.05, 0) is 47.3 Å². The third-order valence-electron chi connectivity index (χ3n) is 5.95. The second-order valence-corrected chi connectivity index (χ2v) is 10.2. The molecule has 1 fully saturated rings. The lowest BCUT2D eigenvalue weighted by Crippen LogP contribution is -2.36. The summed E-state index contributed by atoms with van der Waals surface area (Å²) in [5, 5.41) is 12.3. The van der Waals surface area contributed by atoms with Gasteiger partial charge in [0.15, 0.2) is 0 Å². The Labute approximate surface area is 192 Å². The number of hydrogen-bond donors (Lipinski definition) is 2. The maximum absolute atomic E-state index is 12.6. The molecule has 168 valence electrons. The van der Waals surface area contributed by atoms with Gasteiger partial charge in [-0.1, -0.05) is 76.9 Å². The van der Waals surface area contributed by atoms with Crippen LogP contribution in [-0.2, 0) is 4.79 Å². The largest absolute Gasteiger partial charge is 0.398 e. The van der Waals surface area contributed by atoms with E-state index in [0.717, 1.165) is 21.9 Å². The lowest BCUT2D eigenvalue weighted by atomic mass is 9.83. The standard InChI is InChI=1S/C26H37N3OS/c1-18(2)22-11-12-24(28)25(16-22)31-20(4)10-13-26(30)29-23(14-19(3)17-27)15-21-8-6-5-7-9-21/h11-12,16,18,21,23H,3-10,13-15,28H2,1-2H3,(H,29,30). The molecule has 1 atom stereocenters. The van der Waals surface area contributed by atoms with E-state index in [9.17, 15) is 4.79 Å². The third kappa shape index (κ3) is 8.83. The number of anilines is 1. The number of benzene rings is 1. The number of nitrogen functional groups attached to an aromatic ring is 1. The van der Waals surface area contributed by atoms with Crippen LogP contribution < -0.4 is 11.1 Å². The fourth-order valence-electron chi connectivity index (χ4n) is 4.12. The molecule has 2 rings (SSSR count). The number of nitrogens with two attached hydrogens (primary N) is 1. The number of nitrogens with zero attached hydrogens (tertiary/aromatic N) is 1. The third-order valence-corrected chi connectivity index (χ3v) is 7.01. The average Bonchev–Trinajstić information content (AvgIpc) is 2.74. The fraction of sp³-hybridized carbons (Fsp3) is 0.538. The molecule has 0 saturated heterocycles. The van der Waals surface area contributed by atoms with Crippen molar-refractivity contribution in [2.75, 3.05) is 5.73 Å². The van der Waals surface area contributed by atoms with Crippen LogP contribution in [0.3, 0.4) is 0 Å². The molecule has 1 aliphatic carbocycles. The summed E-state index contributed by atoms with van der Waals surface area (Å²) in [7, 11) is 0. The average molecular weight is 440 g/mol. The maximum Gasteiger partial charge on any atom is 0.220 e. The van der Waals surface area contributed by atoms with E-state index in [1.165, 1.54) is 37.7 Å². The van der Waals surface area contributed by atoms with Crippen LogP contribution in [-0.4, -0.2) is 11.9 Å². The van der Waals surface area contributed by atoms with Gasteiger partial charge in [0, 0.05) is 35.0 Å². The zero-order chi connectivity index (χ0) is 22.8. The maximum atomic E-state index is 12.6. The molecule has 0 spiro atoms. The van der Waals surface area contributed by atoms with Gasteiger partial charge in [-0.2, -0.15) is 5.26 Å². The SMILES string of the molecule is C=C(C#N)CC(CC1CCCCC1)NC(=O)CCC(=C)Sc1cc(C(C)C)ccc1N. The van der Waals surface area contributed by atoms with E-state index in [1.54, 1.807) is 11.8 Å². The molecule has 1 saturated carbocycles. The normalized spacial score (nSPS) is 15.3. The van der Waals surface area contributed by atoms with Crippen molar-refractivity contribution in [3.05, 3.63) is 47.4 Å². The summed E-state index contributed by atoms with van der Waals surface area (Å²) in [4.78, 5) is 14.6. The Morgan fingerprint density at radius 1 is 1.26 bits per heavy atom. The van der Waals surface area contributed by atoms with Crippen LogP contribution in [0.1, 0.15) is 83.1 Å². The zero-order valence-electron chi connectivity index (χ0n) is 19.1. The second-order valence-electron chi connectivity index (χ2n) is 9.02. The van der Waals surface area contributed by atoms with E-state index in [-0.39, 0.29) is 11.9 Å². The Kier molecular flexibility index (Phi) is 10.2. The highest BCUT2D eigenvalue weighted by Crippen LogP contribution is 2.35. The number of carbonyl (C=O) groups excluding carboxylic acids is 1. The molecule has 0 aliphatic heterocycles. The van der Waals surface area contributed by atoms with E-state index in [2.05, 4.69) is 50.5 Å². The lowest BCUT2D eigenvalue weighted by molar-refractivity contribution is -0.121. The number of rotatable bonds is 11. The van der Waals surface area contributed by atoms with Crippen LogP contribution in [0.5, 0.6) is 0 Å². The minimum Gasteiger partial charge on any atom is -0.398 e. The molecular weight excluding hydrogens is 402 g/mol. The second kappa shape index (κ2) is 12.6. The van der Waals surface area contributed by atoms with Crippen LogP contribution in [0.4, 0.5) is 5.69 Å². The zero-order valence-corrected chi connectivity index (χ0v) is 19.9. The number of nitrogens with one attached hydrogen (secondary N) is 1. The predicted octanol–water partition coefficient (Wildman–Crippen LogP) is 6.70. The summed E-state index contributed by atoms with van der Waals surface area (Å²) >= 11 is 1.55. The van der Waals surface area contributed by atoms with Gasteiger partial charge in [0.2, 0.25) is 5.91 Å². The van der Waals surface area contributed by atoms with Crippen LogP contribution in [0.25, 0.3) is 0 Å². The molecule has 5 heteroatoms.